The highest BCUT2D eigenvalue weighted by Crippen LogP contribution is 2.35. The van der Waals surface area contributed by atoms with E-state index >= 15 is 0 Å². The number of aromatic nitrogens is 1. The van der Waals surface area contributed by atoms with Crippen molar-refractivity contribution in [2.45, 2.75) is 26.0 Å². The maximum absolute atomic E-state index is 13.4. The number of likely N-dealkylation sites (N-methyl/N-ethyl adjacent to an activating group) is 1. The molecule has 8 nitrogen and oxygen atoms in total. The molecule has 3 atom stereocenters. The fourth-order valence-electron chi connectivity index (χ4n) is 3.62. The Kier molecular flexibility index (Phi) is 7.25. The molecule has 2 heterocycles. The first-order valence-electron chi connectivity index (χ1n) is 10.4. The van der Waals surface area contributed by atoms with Crippen molar-refractivity contribution in [1.82, 2.24) is 14.8 Å². The van der Waals surface area contributed by atoms with Gasteiger partial charge in [0.05, 0.1) is 23.9 Å². The van der Waals surface area contributed by atoms with Gasteiger partial charge in [0, 0.05) is 37.0 Å². The second-order valence-electron chi connectivity index (χ2n) is 8.26. The van der Waals surface area contributed by atoms with E-state index in [0.29, 0.717) is 35.7 Å². The van der Waals surface area contributed by atoms with Crippen molar-refractivity contribution < 1.29 is 19.4 Å². The van der Waals surface area contributed by atoms with Gasteiger partial charge >= 0.3 is 0 Å². The number of carbonyl (C=O) groups is 2. The van der Waals surface area contributed by atoms with Gasteiger partial charge in [-0.1, -0.05) is 13.0 Å². The highest BCUT2D eigenvalue weighted by atomic mass is 16.5. The summed E-state index contributed by atoms with van der Waals surface area (Å²) in [5, 5.41) is 12.6. The standard InChI is InChI=1S/C23H30N4O4/c1-15-12-27(16(2)14-28)23(30)18-6-5-7-19(21(18)31-20(15)13-26(3)4)25-22(29)17-8-10-24-11-9-17/h5-11,15-16,20,28H,12-14H2,1-4H3,(H,25,29)/t15-,16+,20+/m1/s1. The van der Waals surface area contributed by atoms with Crippen LogP contribution in [0.25, 0.3) is 0 Å². The molecule has 1 aliphatic rings. The summed E-state index contributed by atoms with van der Waals surface area (Å²) in [5.74, 6) is -0.181. The molecule has 0 fully saturated rings. The van der Waals surface area contributed by atoms with Gasteiger partial charge in [-0.15, -0.1) is 0 Å². The average molecular weight is 427 g/mol. The van der Waals surface area contributed by atoms with Crippen molar-refractivity contribution in [2.75, 3.05) is 39.1 Å². The van der Waals surface area contributed by atoms with Gasteiger partial charge in [0.15, 0.2) is 5.75 Å². The lowest BCUT2D eigenvalue weighted by Gasteiger charge is -2.38. The van der Waals surface area contributed by atoms with Crippen LogP contribution >= 0.6 is 0 Å². The Morgan fingerprint density at radius 3 is 2.68 bits per heavy atom. The zero-order valence-electron chi connectivity index (χ0n) is 18.4. The Balaban J connectivity index is 2.04. The first-order chi connectivity index (χ1) is 14.8. The van der Waals surface area contributed by atoms with Crippen LogP contribution in [0.4, 0.5) is 5.69 Å². The lowest BCUT2D eigenvalue weighted by Crippen LogP contribution is -2.49. The molecule has 1 aromatic carbocycles. The number of rotatable bonds is 6. The first-order valence-corrected chi connectivity index (χ1v) is 10.4. The minimum atomic E-state index is -0.337. The van der Waals surface area contributed by atoms with Crippen molar-refractivity contribution in [2.24, 2.45) is 5.92 Å². The number of hydrogen-bond acceptors (Lipinski definition) is 6. The molecule has 166 valence electrons. The summed E-state index contributed by atoms with van der Waals surface area (Å²) in [6, 6.07) is 8.04. The van der Waals surface area contributed by atoms with E-state index in [1.807, 2.05) is 32.8 Å². The molecule has 31 heavy (non-hydrogen) atoms. The maximum Gasteiger partial charge on any atom is 0.258 e. The minimum absolute atomic E-state index is 0.0115. The van der Waals surface area contributed by atoms with Crippen LogP contribution in [0.1, 0.15) is 34.6 Å². The highest BCUT2D eigenvalue weighted by molar-refractivity contribution is 6.07. The van der Waals surface area contributed by atoms with Gasteiger partial charge < -0.3 is 25.0 Å². The van der Waals surface area contributed by atoms with Crippen molar-refractivity contribution >= 4 is 17.5 Å². The Morgan fingerprint density at radius 1 is 1.32 bits per heavy atom. The van der Waals surface area contributed by atoms with Crippen LogP contribution in [-0.4, -0.2) is 77.6 Å². The molecule has 1 aromatic heterocycles. The second kappa shape index (κ2) is 9.89. The molecular weight excluding hydrogens is 396 g/mol. The fraction of sp³-hybridized carbons (Fsp3) is 0.435. The monoisotopic (exact) mass is 426 g/mol. The van der Waals surface area contributed by atoms with Crippen molar-refractivity contribution in [3.05, 3.63) is 53.9 Å². The van der Waals surface area contributed by atoms with E-state index < -0.39 is 0 Å². The van der Waals surface area contributed by atoms with Crippen LogP contribution in [0.15, 0.2) is 42.7 Å². The molecule has 8 heteroatoms. The topological polar surface area (TPSA) is 95.0 Å². The predicted octanol–water partition coefficient (Wildman–Crippen LogP) is 2.12. The molecule has 0 unspecified atom stereocenters. The van der Waals surface area contributed by atoms with Crippen LogP contribution in [0, 0.1) is 5.92 Å². The predicted molar refractivity (Wildman–Crippen MR) is 118 cm³/mol. The molecule has 2 aromatic rings. The summed E-state index contributed by atoms with van der Waals surface area (Å²) in [4.78, 5) is 33.8. The molecule has 0 saturated heterocycles. The second-order valence-corrected chi connectivity index (χ2v) is 8.26. The zero-order valence-corrected chi connectivity index (χ0v) is 18.4. The Labute approximate surface area is 182 Å². The van der Waals surface area contributed by atoms with E-state index in [1.54, 1.807) is 47.6 Å². The van der Waals surface area contributed by atoms with Gasteiger partial charge in [-0.25, -0.2) is 0 Å². The van der Waals surface area contributed by atoms with Crippen molar-refractivity contribution in [3.63, 3.8) is 0 Å². The van der Waals surface area contributed by atoms with Crippen LogP contribution in [0.2, 0.25) is 0 Å². The van der Waals surface area contributed by atoms with E-state index in [0.717, 1.165) is 0 Å². The molecule has 2 amide bonds. The van der Waals surface area contributed by atoms with E-state index in [4.69, 9.17) is 4.74 Å². The lowest BCUT2D eigenvalue weighted by molar-refractivity contribution is 0.0365. The number of carbonyl (C=O) groups excluding carboxylic acids is 2. The molecule has 3 rings (SSSR count). The first kappa shape index (κ1) is 22.7. The molecule has 2 N–H and O–H groups in total. The van der Waals surface area contributed by atoms with Gasteiger partial charge in [0.25, 0.3) is 11.8 Å². The summed E-state index contributed by atoms with van der Waals surface area (Å²) in [5.41, 5.74) is 1.25. The number of anilines is 1. The van der Waals surface area contributed by atoms with Gasteiger partial charge in [0.1, 0.15) is 6.10 Å². The van der Waals surface area contributed by atoms with Crippen LogP contribution in [0.5, 0.6) is 5.75 Å². The number of aliphatic hydroxyl groups is 1. The summed E-state index contributed by atoms with van der Waals surface area (Å²) in [6.45, 7) is 4.82. The molecule has 0 saturated carbocycles. The minimum Gasteiger partial charge on any atom is -0.486 e. The molecule has 1 aliphatic heterocycles. The molecule has 0 radical (unpaired) electrons. The number of nitrogens with one attached hydrogen (secondary N) is 1. The summed E-state index contributed by atoms with van der Waals surface area (Å²) >= 11 is 0. The summed E-state index contributed by atoms with van der Waals surface area (Å²) in [6.07, 6.45) is 2.88. The van der Waals surface area contributed by atoms with E-state index in [2.05, 4.69) is 10.3 Å². The third-order valence-corrected chi connectivity index (χ3v) is 5.43. The van der Waals surface area contributed by atoms with Gasteiger partial charge in [-0.2, -0.15) is 0 Å². The number of pyridine rings is 1. The third kappa shape index (κ3) is 5.21. The number of nitrogens with zero attached hydrogens (tertiary/aromatic N) is 3. The van der Waals surface area contributed by atoms with Gasteiger partial charge in [-0.05, 0) is 45.3 Å². The number of benzene rings is 1. The fourth-order valence-corrected chi connectivity index (χ4v) is 3.62. The largest absolute Gasteiger partial charge is 0.486 e. The van der Waals surface area contributed by atoms with Crippen LogP contribution in [0.3, 0.4) is 0 Å². The number of ether oxygens (including phenoxy) is 1. The van der Waals surface area contributed by atoms with Gasteiger partial charge in [0.2, 0.25) is 0 Å². The maximum atomic E-state index is 13.4. The lowest BCUT2D eigenvalue weighted by atomic mass is 9.99. The van der Waals surface area contributed by atoms with E-state index in [9.17, 15) is 14.7 Å². The van der Waals surface area contributed by atoms with Crippen molar-refractivity contribution in [1.29, 1.82) is 0 Å². The number of aliphatic hydroxyl groups excluding tert-OH is 1. The van der Waals surface area contributed by atoms with E-state index in [1.165, 1.54) is 0 Å². The van der Waals surface area contributed by atoms with Gasteiger partial charge in [-0.3, -0.25) is 14.6 Å². The normalized spacial score (nSPS) is 19.8. The highest BCUT2D eigenvalue weighted by Gasteiger charge is 2.34. The van der Waals surface area contributed by atoms with E-state index in [-0.39, 0.29) is 36.5 Å². The number of para-hydroxylation sites is 1. The Hall–Kier alpha value is -2.97. The number of amides is 2. The zero-order chi connectivity index (χ0) is 22.5. The third-order valence-electron chi connectivity index (χ3n) is 5.43. The van der Waals surface area contributed by atoms with Crippen molar-refractivity contribution in [3.8, 4) is 5.75 Å². The molecule has 0 bridgehead atoms. The average Bonchev–Trinajstić information content (AvgIpc) is 2.76. The van der Waals surface area contributed by atoms with Crippen LogP contribution in [-0.2, 0) is 0 Å². The Bertz CT molecular complexity index is 919. The molecular formula is C23H30N4O4. The Morgan fingerprint density at radius 2 is 2.03 bits per heavy atom. The SMILES string of the molecule is C[C@@H]1CN([C@@H](C)CO)C(=O)c2cccc(NC(=O)c3ccncc3)c2O[C@H]1CN(C)C. The molecule has 0 aliphatic carbocycles. The van der Waals surface area contributed by atoms with Crippen LogP contribution < -0.4 is 10.1 Å². The summed E-state index contributed by atoms with van der Waals surface area (Å²) < 4.78 is 6.38. The number of fused-ring (bicyclic) bond motifs is 1. The smallest absolute Gasteiger partial charge is 0.258 e. The quantitative estimate of drug-likeness (QED) is 0.735. The number of hydrogen-bond donors (Lipinski definition) is 2. The summed E-state index contributed by atoms with van der Waals surface area (Å²) in [7, 11) is 3.93. The molecule has 0 spiro atoms.